The number of rotatable bonds is 4. The highest BCUT2D eigenvalue weighted by molar-refractivity contribution is 6.11. The van der Waals surface area contributed by atoms with Crippen LogP contribution in [-0.4, -0.2) is 9.13 Å². The molecule has 0 spiro atoms. The molecule has 0 aliphatic rings. The number of nitrogens with zero attached hydrogens (tertiary/aromatic N) is 5. The lowest BCUT2D eigenvalue weighted by molar-refractivity contribution is 1.18. The van der Waals surface area contributed by atoms with Gasteiger partial charge in [-0.25, -0.2) is 0 Å². The molecule has 0 saturated heterocycles. The van der Waals surface area contributed by atoms with Crippen molar-refractivity contribution in [2.24, 2.45) is 0 Å². The third-order valence-electron chi connectivity index (χ3n) is 9.67. The van der Waals surface area contributed by atoms with Crippen LogP contribution in [0.25, 0.3) is 77.2 Å². The van der Waals surface area contributed by atoms with E-state index in [1.165, 1.54) is 0 Å². The van der Waals surface area contributed by atoms with Gasteiger partial charge in [0.25, 0.3) is 0 Å². The summed E-state index contributed by atoms with van der Waals surface area (Å²) in [4.78, 5) is 0. The van der Waals surface area contributed by atoms with Crippen LogP contribution in [0.4, 0.5) is 0 Å². The molecule has 7 aromatic carbocycles. The van der Waals surface area contributed by atoms with E-state index in [4.69, 9.17) is 0 Å². The van der Waals surface area contributed by atoms with E-state index >= 15 is 0 Å². The van der Waals surface area contributed by atoms with E-state index in [1.807, 2.05) is 97.1 Å². The molecule has 0 atom stereocenters. The van der Waals surface area contributed by atoms with Gasteiger partial charge >= 0.3 is 0 Å². The number of hydrogen-bond acceptors (Lipinski definition) is 3. The van der Waals surface area contributed by atoms with Gasteiger partial charge in [0.1, 0.15) is 6.07 Å². The molecule has 50 heavy (non-hydrogen) atoms. The van der Waals surface area contributed by atoms with Gasteiger partial charge in [0.2, 0.25) is 0 Å². The number of fused-ring (bicyclic) bond motifs is 6. The first-order valence-electron chi connectivity index (χ1n) is 16.3. The first kappa shape index (κ1) is 28.8. The second-order valence-electron chi connectivity index (χ2n) is 12.3. The number of hydrogen-bond donors (Lipinski definition) is 0. The van der Waals surface area contributed by atoms with Crippen LogP contribution in [0.2, 0.25) is 0 Å². The molecule has 0 aliphatic heterocycles. The fourth-order valence-electron chi connectivity index (χ4n) is 7.51. The Morgan fingerprint density at radius 1 is 0.420 bits per heavy atom. The SMILES string of the molecule is N#Cc1ccc2c(c1)c1ccccc1n2-c1ccc(-c2c(C#N)ccc(-c3ccccc3-n3c4ccccc4c4ccccc43)c2C#N)cc1. The van der Waals surface area contributed by atoms with E-state index in [2.05, 4.69) is 81.9 Å². The van der Waals surface area contributed by atoms with Crippen molar-refractivity contribution in [2.45, 2.75) is 0 Å². The Hall–Kier alpha value is -7.39. The Morgan fingerprint density at radius 2 is 1.00 bits per heavy atom. The van der Waals surface area contributed by atoms with Crippen molar-refractivity contribution in [1.82, 2.24) is 9.13 Å². The lowest BCUT2D eigenvalue weighted by atomic mass is 9.88. The fourth-order valence-corrected chi connectivity index (χ4v) is 7.51. The highest BCUT2D eigenvalue weighted by Crippen LogP contribution is 2.41. The number of aromatic nitrogens is 2. The molecular formula is C45H25N5. The monoisotopic (exact) mass is 635 g/mol. The number of benzene rings is 7. The minimum atomic E-state index is 0.438. The van der Waals surface area contributed by atoms with Gasteiger partial charge in [0, 0.05) is 43.9 Å². The second-order valence-corrected chi connectivity index (χ2v) is 12.3. The van der Waals surface area contributed by atoms with Gasteiger partial charge < -0.3 is 9.13 Å². The predicted molar refractivity (Wildman–Crippen MR) is 200 cm³/mol. The summed E-state index contributed by atoms with van der Waals surface area (Å²) < 4.78 is 4.45. The molecule has 0 aliphatic carbocycles. The van der Waals surface area contributed by atoms with Gasteiger partial charge in [-0.15, -0.1) is 0 Å². The van der Waals surface area contributed by atoms with Crippen LogP contribution in [0.15, 0.2) is 152 Å². The van der Waals surface area contributed by atoms with E-state index in [0.29, 0.717) is 22.3 Å². The predicted octanol–water partition coefficient (Wildman–Crippen LogP) is 10.8. The molecular weight excluding hydrogens is 611 g/mol. The topological polar surface area (TPSA) is 81.2 Å². The molecule has 0 amide bonds. The third kappa shape index (κ3) is 4.24. The van der Waals surface area contributed by atoms with Crippen LogP contribution in [0.5, 0.6) is 0 Å². The lowest BCUT2D eigenvalue weighted by Crippen LogP contribution is -2.00. The molecule has 9 rings (SSSR count). The summed E-state index contributed by atoms with van der Waals surface area (Å²) in [6.45, 7) is 0. The standard InChI is InChI=1S/C45H25N5/c46-26-29-17-24-44-38(25-29)37-12-4-5-13-40(37)49(44)32-21-18-30(19-22-32)45-31(27-47)20-23-33(39(45)28-48)34-9-1-6-14-41(34)50-42-15-7-2-10-35(42)36-11-3-8-16-43(36)50/h1-25H. The maximum atomic E-state index is 10.8. The summed E-state index contributed by atoms with van der Waals surface area (Å²) >= 11 is 0. The maximum Gasteiger partial charge on any atom is 0.100 e. The average molecular weight is 636 g/mol. The Labute approximate surface area is 287 Å². The third-order valence-corrected chi connectivity index (χ3v) is 9.67. The molecule has 0 fully saturated rings. The normalized spacial score (nSPS) is 11.1. The lowest BCUT2D eigenvalue weighted by Gasteiger charge is -2.17. The minimum Gasteiger partial charge on any atom is -0.309 e. The van der Waals surface area contributed by atoms with Crippen LogP contribution in [0.3, 0.4) is 0 Å². The van der Waals surface area contributed by atoms with Crippen molar-refractivity contribution in [3.63, 3.8) is 0 Å². The van der Waals surface area contributed by atoms with E-state index in [9.17, 15) is 15.8 Å². The quantitative estimate of drug-likeness (QED) is 0.193. The van der Waals surface area contributed by atoms with Gasteiger partial charge in [-0.2, -0.15) is 15.8 Å². The van der Waals surface area contributed by atoms with Crippen molar-refractivity contribution < 1.29 is 0 Å². The summed E-state index contributed by atoms with van der Waals surface area (Å²) in [5.74, 6) is 0. The van der Waals surface area contributed by atoms with Crippen LogP contribution >= 0.6 is 0 Å². The van der Waals surface area contributed by atoms with Crippen molar-refractivity contribution in [3.8, 4) is 51.8 Å². The molecule has 0 unspecified atom stereocenters. The largest absolute Gasteiger partial charge is 0.309 e. The molecule has 0 radical (unpaired) electrons. The van der Waals surface area contributed by atoms with E-state index in [1.54, 1.807) is 0 Å². The molecule has 0 bridgehead atoms. The highest BCUT2D eigenvalue weighted by atomic mass is 15.0. The Balaban J connectivity index is 1.23. The van der Waals surface area contributed by atoms with Gasteiger partial charge in [-0.05, 0) is 66.2 Å². The van der Waals surface area contributed by atoms with Gasteiger partial charge in [-0.1, -0.05) is 91.0 Å². The molecule has 5 heteroatoms. The Bertz CT molecular complexity index is 2900. The van der Waals surface area contributed by atoms with E-state index in [-0.39, 0.29) is 0 Å². The Kier molecular flexibility index (Phi) is 6.56. The first-order valence-corrected chi connectivity index (χ1v) is 16.3. The van der Waals surface area contributed by atoms with Gasteiger partial charge in [0.05, 0.1) is 56.6 Å². The molecule has 9 aromatic rings. The fraction of sp³-hybridized carbons (Fsp3) is 0. The van der Waals surface area contributed by atoms with Gasteiger partial charge in [0.15, 0.2) is 0 Å². The molecule has 0 saturated carbocycles. The summed E-state index contributed by atoms with van der Waals surface area (Å²) in [7, 11) is 0. The summed E-state index contributed by atoms with van der Waals surface area (Å²) in [5, 5.41) is 35.0. The molecule has 5 nitrogen and oxygen atoms in total. The van der Waals surface area contributed by atoms with Crippen molar-refractivity contribution in [3.05, 3.63) is 168 Å². The maximum absolute atomic E-state index is 10.8. The molecule has 230 valence electrons. The first-order chi connectivity index (χ1) is 24.7. The highest BCUT2D eigenvalue weighted by Gasteiger charge is 2.21. The van der Waals surface area contributed by atoms with E-state index in [0.717, 1.165) is 71.7 Å². The summed E-state index contributed by atoms with van der Waals surface area (Å²) in [6.07, 6.45) is 0. The van der Waals surface area contributed by atoms with E-state index < -0.39 is 0 Å². The van der Waals surface area contributed by atoms with Crippen molar-refractivity contribution in [2.75, 3.05) is 0 Å². The van der Waals surface area contributed by atoms with Crippen molar-refractivity contribution >= 4 is 43.6 Å². The zero-order valence-electron chi connectivity index (χ0n) is 26.7. The smallest absolute Gasteiger partial charge is 0.100 e. The number of nitriles is 3. The average Bonchev–Trinajstić information content (AvgIpc) is 3.70. The van der Waals surface area contributed by atoms with Crippen LogP contribution in [-0.2, 0) is 0 Å². The Morgan fingerprint density at radius 3 is 1.64 bits per heavy atom. The van der Waals surface area contributed by atoms with Crippen LogP contribution < -0.4 is 0 Å². The zero-order chi connectivity index (χ0) is 33.8. The molecule has 2 heterocycles. The van der Waals surface area contributed by atoms with Gasteiger partial charge in [-0.3, -0.25) is 0 Å². The van der Waals surface area contributed by atoms with Crippen LogP contribution in [0, 0.1) is 34.0 Å². The molecule has 0 N–H and O–H groups in total. The summed E-state index contributed by atoms with van der Waals surface area (Å²) in [5.41, 5.74) is 10.6. The second kappa shape index (κ2) is 11.4. The van der Waals surface area contributed by atoms with Crippen LogP contribution in [0.1, 0.15) is 16.7 Å². The minimum absolute atomic E-state index is 0.438. The summed E-state index contributed by atoms with van der Waals surface area (Å²) in [6, 6.07) is 57.7. The number of para-hydroxylation sites is 4. The molecule has 2 aromatic heterocycles. The zero-order valence-corrected chi connectivity index (χ0v) is 26.7. The van der Waals surface area contributed by atoms with Crippen molar-refractivity contribution in [1.29, 1.82) is 15.8 Å².